The van der Waals surface area contributed by atoms with Crippen LogP contribution in [0.15, 0.2) is 0 Å². The highest BCUT2D eigenvalue weighted by atomic mass is 32.2. The molecule has 0 spiro atoms. The molecular formula is C12H21NOS. The molecule has 0 N–H and O–H groups in total. The summed E-state index contributed by atoms with van der Waals surface area (Å²) in [6, 6.07) is 1.28. The largest absolute Gasteiger partial charge is 0.300 e. The Morgan fingerprint density at radius 3 is 2.80 bits per heavy atom. The Morgan fingerprint density at radius 1 is 1.20 bits per heavy atom. The van der Waals surface area contributed by atoms with E-state index in [2.05, 4.69) is 23.7 Å². The van der Waals surface area contributed by atoms with Crippen molar-refractivity contribution in [2.45, 2.75) is 50.6 Å². The van der Waals surface area contributed by atoms with Crippen LogP contribution in [-0.4, -0.2) is 41.3 Å². The molecule has 2 fully saturated rings. The molecule has 1 saturated heterocycles. The van der Waals surface area contributed by atoms with Gasteiger partial charge in [-0.05, 0) is 44.2 Å². The normalized spacial score (nSPS) is 33.3. The molecular weight excluding hydrogens is 206 g/mol. The lowest BCUT2D eigenvalue weighted by Gasteiger charge is -2.31. The summed E-state index contributed by atoms with van der Waals surface area (Å²) in [6.45, 7) is 0. The van der Waals surface area contributed by atoms with Crippen molar-refractivity contribution < 1.29 is 4.79 Å². The average Bonchev–Trinajstić information content (AvgIpc) is 2.53. The quantitative estimate of drug-likeness (QED) is 0.722. The lowest BCUT2D eigenvalue weighted by molar-refractivity contribution is -0.117. The van der Waals surface area contributed by atoms with Crippen molar-refractivity contribution in [1.82, 2.24) is 4.90 Å². The van der Waals surface area contributed by atoms with Crippen LogP contribution in [0.2, 0.25) is 0 Å². The summed E-state index contributed by atoms with van der Waals surface area (Å²) >= 11 is 2.09. The summed E-state index contributed by atoms with van der Waals surface area (Å²) in [6.07, 6.45) is 6.70. The van der Waals surface area contributed by atoms with E-state index in [0.29, 0.717) is 11.8 Å². The number of thioether (sulfide) groups is 1. The number of rotatable bonds is 2. The highest BCUT2D eigenvalue weighted by Gasteiger charge is 2.29. The SMILES string of the molecule is CN(C1CCCSCC1)C1CCC(=O)C1. The van der Waals surface area contributed by atoms with Crippen LogP contribution in [0.25, 0.3) is 0 Å². The minimum absolute atomic E-state index is 0.467. The first-order chi connectivity index (χ1) is 7.27. The third-order valence-electron chi connectivity index (χ3n) is 3.79. The fourth-order valence-electron chi connectivity index (χ4n) is 2.73. The second-order valence-electron chi connectivity index (χ2n) is 4.80. The fraction of sp³-hybridized carbons (Fsp3) is 0.917. The van der Waals surface area contributed by atoms with E-state index in [1.807, 2.05) is 0 Å². The Balaban J connectivity index is 1.88. The van der Waals surface area contributed by atoms with Crippen LogP contribution in [0.3, 0.4) is 0 Å². The van der Waals surface area contributed by atoms with Gasteiger partial charge < -0.3 is 0 Å². The van der Waals surface area contributed by atoms with E-state index in [9.17, 15) is 4.79 Å². The zero-order chi connectivity index (χ0) is 10.7. The Labute approximate surface area is 96.8 Å². The maximum atomic E-state index is 11.3. The number of nitrogens with zero attached hydrogens (tertiary/aromatic N) is 1. The lowest BCUT2D eigenvalue weighted by atomic mass is 10.1. The maximum Gasteiger partial charge on any atom is 0.134 e. The van der Waals surface area contributed by atoms with Gasteiger partial charge >= 0.3 is 0 Å². The van der Waals surface area contributed by atoms with Gasteiger partial charge in [0.15, 0.2) is 0 Å². The molecule has 86 valence electrons. The van der Waals surface area contributed by atoms with Crippen molar-refractivity contribution in [2.24, 2.45) is 0 Å². The highest BCUT2D eigenvalue weighted by molar-refractivity contribution is 7.99. The molecule has 0 aromatic carbocycles. The second-order valence-corrected chi connectivity index (χ2v) is 6.02. The van der Waals surface area contributed by atoms with Gasteiger partial charge in [-0.1, -0.05) is 0 Å². The lowest BCUT2D eigenvalue weighted by Crippen LogP contribution is -2.39. The Kier molecular flexibility index (Phi) is 4.09. The molecule has 0 aromatic heterocycles. The van der Waals surface area contributed by atoms with Gasteiger partial charge in [-0.2, -0.15) is 11.8 Å². The van der Waals surface area contributed by atoms with Gasteiger partial charge in [-0.25, -0.2) is 0 Å². The maximum absolute atomic E-state index is 11.3. The molecule has 2 rings (SSSR count). The molecule has 2 atom stereocenters. The topological polar surface area (TPSA) is 20.3 Å². The first kappa shape index (κ1) is 11.5. The summed E-state index contributed by atoms with van der Waals surface area (Å²) in [4.78, 5) is 13.8. The summed E-state index contributed by atoms with van der Waals surface area (Å²) in [5.74, 6) is 3.10. The van der Waals surface area contributed by atoms with E-state index in [-0.39, 0.29) is 0 Å². The number of Topliss-reactive ketones (excluding diaryl/α,β-unsaturated/α-hetero) is 1. The number of carbonyl (C=O) groups is 1. The smallest absolute Gasteiger partial charge is 0.134 e. The molecule has 2 unspecified atom stereocenters. The number of hydrogen-bond acceptors (Lipinski definition) is 3. The van der Waals surface area contributed by atoms with E-state index in [0.717, 1.165) is 25.3 Å². The van der Waals surface area contributed by atoms with Crippen LogP contribution in [0.5, 0.6) is 0 Å². The monoisotopic (exact) mass is 227 g/mol. The first-order valence-corrected chi connectivity index (χ1v) is 7.24. The summed E-state index contributed by atoms with van der Waals surface area (Å²) in [5.41, 5.74) is 0. The third-order valence-corrected chi connectivity index (χ3v) is 4.89. The van der Waals surface area contributed by atoms with E-state index in [4.69, 9.17) is 0 Å². The second kappa shape index (κ2) is 5.35. The van der Waals surface area contributed by atoms with Crippen LogP contribution in [0, 0.1) is 0 Å². The van der Waals surface area contributed by atoms with Crippen LogP contribution in [-0.2, 0) is 4.79 Å². The number of ketones is 1. The van der Waals surface area contributed by atoms with Crippen LogP contribution in [0.4, 0.5) is 0 Å². The molecule has 15 heavy (non-hydrogen) atoms. The van der Waals surface area contributed by atoms with Gasteiger partial charge in [-0.15, -0.1) is 0 Å². The molecule has 0 radical (unpaired) electrons. The molecule has 2 aliphatic rings. The van der Waals surface area contributed by atoms with Gasteiger partial charge in [0.2, 0.25) is 0 Å². The zero-order valence-electron chi connectivity index (χ0n) is 9.58. The summed E-state index contributed by atoms with van der Waals surface area (Å²) in [5, 5.41) is 0. The fourth-order valence-corrected chi connectivity index (χ4v) is 3.75. The van der Waals surface area contributed by atoms with Crippen molar-refractivity contribution in [3.63, 3.8) is 0 Å². The predicted molar refractivity (Wildman–Crippen MR) is 65.4 cm³/mol. The Morgan fingerprint density at radius 2 is 2.07 bits per heavy atom. The van der Waals surface area contributed by atoms with E-state index >= 15 is 0 Å². The minimum atomic E-state index is 0.467. The summed E-state index contributed by atoms with van der Waals surface area (Å²) < 4.78 is 0. The Hall–Kier alpha value is -0.0200. The standard InChI is InChI=1S/C12H21NOS/c1-13(11-4-5-12(14)9-11)10-3-2-7-15-8-6-10/h10-11H,2-9H2,1H3. The molecule has 0 aromatic rings. The minimum Gasteiger partial charge on any atom is -0.300 e. The van der Waals surface area contributed by atoms with Crippen molar-refractivity contribution in [3.05, 3.63) is 0 Å². The van der Waals surface area contributed by atoms with Gasteiger partial charge in [0, 0.05) is 24.9 Å². The number of carbonyl (C=O) groups excluding carboxylic acids is 1. The van der Waals surface area contributed by atoms with E-state index < -0.39 is 0 Å². The molecule has 0 amide bonds. The van der Waals surface area contributed by atoms with Crippen molar-refractivity contribution in [3.8, 4) is 0 Å². The van der Waals surface area contributed by atoms with Crippen LogP contribution < -0.4 is 0 Å². The first-order valence-electron chi connectivity index (χ1n) is 6.09. The third kappa shape index (κ3) is 2.97. The molecule has 0 bridgehead atoms. The molecule has 1 saturated carbocycles. The Bertz CT molecular complexity index is 224. The van der Waals surface area contributed by atoms with Gasteiger partial charge in [0.1, 0.15) is 5.78 Å². The van der Waals surface area contributed by atoms with Gasteiger partial charge in [-0.3, -0.25) is 9.69 Å². The zero-order valence-corrected chi connectivity index (χ0v) is 10.4. The highest BCUT2D eigenvalue weighted by Crippen LogP contribution is 2.27. The number of hydrogen-bond donors (Lipinski definition) is 0. The average molecular weight is 227 g/mol. The molecule has 1 aliphatic heterocycles. The predicted octanol–water partition coefficient (Wildman–Crippen LogP) is 2.33. The van der Waals surface area contributed by atoms with Crippen molar-refractivity contribution in [1.29, 1.82) is 0 Å². The molecule has 1 aliphatic carbocycles. The summed E-state index contributed by atoms with van der Waals surface area (Å²) in [7, 11) is 2.23. The molecule has 3 heteroatoms. The molecule has 2 nitrogen and oxygen atoms in total. The van der Waals surface area contributed by atoms with E-state index in [1.54, 1.807) is 0 Å². The van der Waals surface area contributed by atoms with Crippen LogP contribution >= 0.6 is 11.8 Å². The van der Waals surface area contributed by atoms with Gasteiger partial charge in [0.05, 0.1) is 0 Å². The van der Waals surface area contributed by atoms with E-state index in [1.165, 1.54) is 30.8 Å². The van der Waals surface area contributed by atoms with Crippen LogP contribution in [0.1, 0.15) is 38.5 Å². The van der Waals surface area contributed by atoms with Crippen molar-refractivity contribution in [2.75, 3.05) is 18.6 Å². The van der Waals surface area contributed by atoms with Crippen molar-refractivity contribution >= 4 is 17.5 Å². The molecule has 1 heterocycles. The van der Waals surface area contributed by atoms with Gasteiger partial charge in [0.25, 0.3) is 0 Å².